The third kappa shape index (κ3) is 6.43. The minimum absolute atomic E-state index is 0.201. The number of nitrogens with one attached hydrogen (secondary N) is 1. The first-order chi connectivity index (χ1) is 8.72. The Bertz CT molecular complexity index is 343. The van der Waals surface area contributed by atoms with Crippen LogP contribution in [0.4, 0.5) is 0 Å². The van der Waals surface area contributed by atoms with Gasteiger partial charge in [0.25, 0.3) is 0 Å². The van der Waals surface area contributed by atoms with Crippen LogP contribution in [0, 0.1) is 6.92 Å². The van der Waals surface area contributed by atoms with Gasteiger partial charge in [0.2, 0.25) is 5.91 Å². The van der Waals surface area contributed by atoms with E-state index in [0.717, 1.165) is 38.6 Å². The number of amides is 1. The maximum absolute atomic E-state index is 11.4. The summed E-state index contributed by atoms with van der Waals surface area (Å²) in [5, 5.41) is 2.97. The zero-order valence-corrected chi connectivity index (χ0v) is 11.7. The van der Waals surface area contributed by atoms with Crippen LogP contribution >= 0.6 is 0 Å². The van der Waals surface area contributed by atoms with Crippen LogP contribution < -0.4 is 5.32 Å². The average Bonchev–Trinajstić information content (AvgIpc) is 2.38. The molecule has 2 heteroatoms. The van der Waals surface area contributed by atoms with Gasteiger partial charge in [0.1, 0.15) is 0 Å². The molecule has 0 unspecified atom stereocenters. The van der Waals surface area contributed by atoms with Crippen molar-refractivity contribution in [2.45, 2.75) is 52.4 Å². The Hall–Kier alpha value is -1.31. The summed E-state index contributed by atoms with van der Waals surface area (Å²) < 4.78 is 0. The molecular formula is C16H25NO. The highest BCUT2D eigenvalue weighted by Crippen LogP contribution is 2.06. The van der Waals surface area contributed by atoms with E-state index in [2.05, 4.69) is 43.4 Å². The summed E-state index contributed by atoms with van der Waals surface area (Å²) in [6.07, 6.45) is 6.05. The van der Waals surface area contributed by atoms with Gasteiger partial charge in [-0.1, -0.05) is 43.2 Å². The lowest BCUT2D eigenvalue weighted by Crippen LogP contribution is -2.23. The minimum Gasteiger partial charge on any atom is -0.356 e. The molecule has 0 heterocycles. The smallest absolute Gasteiger partial charge is 0.219 e. The number of carbonyl (C=O) groups excluding carboxylic acids is 1. The molecule has 1 rings (SSSR count). The second kappa shape index (κ2) is 8.73. The molecule has 0 saturated carbocycles. The van der Waals surface area contributed by atoms with Crippen molar-refractivity contribution in [3.8, 4) is 0 Å². The van der Waals surface area contributed by atoms with Crippen molar-refractivity contribution in [1.82, 2.24) is 5.32 Å². The first kappa shape index (κ1) is 14.7. The molecule has 0 saturated heterocycles. The van der Waals surface area contributed by atoms with Crippen molar-refractivity contribution in [2.24, 2.45) is 0 Å². The molecule has 1 N–H and O–H groups in total. The zero-order chi connectivity index (χ0) is 13.2. The Balaban J connectivity index is 2.05. The molecule has 0 aliphatic rings. The summed E-state index contributed by atoms with van der Waals surface area (Å²) in [5.41, 5.74) is 2.69. The Morgan fingerprint density at radius 2 is 1.83 bits per heavy atom. The molecule has 0 bridgehead atoms. The Morgan fingerprint density at radius 1 is 1.11 bits per heavy atom. The topological polar surface area (TPSA) is 29.1 Å². The second-order valence-corrected chi connectivity index (χ2v) is 4.90. The Kier molecular flexibility index (Phi) is 7.16. The van der Waals surface area contributed by atoms with Crippen molar-refractivity contribution in [2.75, 3.05) is 6.54 Å². The van der Waals surface area contributed by atoms with Gasteiger partial charge in [-0.05, 0) is 38.2 Å². The van der Waals surface area contributed by atoms with Crippen LogP contribution in [-0.2, 0) is 11.2 Å². The van der Waals surface area contributed by atoms with Crippen molar-refractivity contribution in [1.29, 1.82) is 0 Å². The molecule has 0 fully saturated rings. The molecule has 1 aromatic rings. The highest BCUT2D eigenvalue weighted by Gasteiger charge is 1.99. The minimum atomic E-state index is 0.201. The predicted molar refractivity (Wildman–Crippen MR) is 76.7 cm³/mol. The monoisotopic (exact) mass is 247 g/mol. The highest BCUT2D eigenvalue weighted by atomic mass is 16.1. The van der Waals surface area contributed by atoms with Crippen molar-refractivity contribution in [3.63, 3.8) is 0 Å². The maximum Gasteiger partial charge on any atom is 0.219 e. The van der Waals surface area contributed by atoms with Gasteiger partial charge in [-0.3, -0.25) is 4.79 Å². The number of hydrogen-bond acceptors (Lipinski definition) is 1. The van der Waals surface area contributed by atoms with E-state index >= 15 is 0 Å². The molecule has 0 aromatic heterocycles. The fourth-order valence-corrected chi connectivity index (χ4v) is 1.86. The maximum atomic E-state index is 11.4. The van der Waals surface area contributed by atoms with E-state index < -0.39 is 0 Å². The second-order valence-electron chi connectivity index (χ2n) is 4.90. The van der Waals surface area contributed by atoms with Crippen molar-refractivity contribution in [3.05, 3.63) is 35.4 Å². The normalized spacial score (nSPS) is 10.3. The van der Waals surface area contributed by atoms with Gasteiger partial charge in [-0.2, -0.15) is 0 Å². The van der Waals surface area contributed by atoms with Crippen LogP contribution in [0.3, 0.4) is 0 Å². The van der Waals surface area contributed by atoms with Gasteiger partial charge in [0.15, 0.2) is 0 Å². The lowest BCUT2D eigenvalue weighted by atomic mass is 10.1. The molecule has 0 radical (unpaired) electrons. The highest BCUT2D eigenvalue weighted by molar-refractivity contribution is 5.75. The van der Waals surface area contributed by atoms with Gasteiger partial charge in [-0.15, -0.1) is 0 Å². The van der Waals surface area contributed by atoms with Crippen LogP contribution in [0.25, 0.3) is 0 Å². The lowest BCUT2D eigenvalue weighted by Gasteiger charge is -2.05. The first-order valence-corrected chi connectivity index (χ1v) is 7.04. The molecule has 1 amide bonds. The van der Waals surface area contributed by atoms with Crippen molar-refractivity contribution >= 4 is 5.91 Å². The molecule has 2 nitrogen and oxygen atoms in total. The molecule has 100 valence electrons. The number of unbranched alkanes of at least 4 members (excludes halogenated alkanes) is 2. The average molecular weight is 247 g/mol. The fourth-order valence-electron chi connectivity index (χ4n) is 1.86. The summed E-state index contributed by atoms with van der Waals surface area (Å²) in [7, 11) is 0. The summed E-state index contributed by atoms with van der Waals surface area (Å²) in [5.74, 6) is 0.201. The Morgan fingerprint density at radius 3 is 2.50 bits per heavy atom. The fraction of sp³-hybridized carbons (Fsp3) is 0.562. The van der Waals surface area contributed by atoms with E-state index in [1.807, 2.05) is 0 Å². The number of rotatable bonds is 8. The van der Waals surface area contributed by atoms with Crippen LogP contribution in [0.2, 0.25) is 0 Å². The van der Waals surface area contributed by atoms with E-state index in [0.29, 0.717) is 6.42 Å². The van der Waals surface area contributed by atoms with E-state index in [9.17, 15) is 4.79 Å². The standard InChI is InChI=1S/C16H25NO/c1-3-4-8-16(18)17-13-6-5-7-15-11-9-14(2)10-12-15/h9-12H,3-8,13H2,1-2H3,(H,17,18). The van der Waals surface area contributed by atoms with E-state index in [1.165, 1.54) is 11.1 Å². The van der Waals surface area contributed by atoms with Crippen LogP contribution in [0.1, 0.15) is 50.2 Å². The molecule has 0 aliphatic heterocycles. The third-order valence-electron chi connectivity index (χ3n) is 3.09. The summed E-state index contributed by atoms with van der Waals surface area (Å²) in [4.78, 5) is 11.4. The van der Waals surface area contributed by atoms with E-state index in [1.54, 1.807) is 0 Å². The van der Waals surface area contributed by atoms with E-state index in [-0.39, 0.29) is 5.91 Å². The zero-order valence-electron chi connectivity index (χ0n) is 11.7. The molecule has 0 spiro atoms. The summed E-state index contributed by atoms with van der Waals surface area (Å²) in [6.45, 7) is 5.03. The quantitative estimate of drug-likeness (QED) is 0.698. The molecule has 1 aromatic carbocycles. The summed E-state index contributed by atoms with van der Waals surface area (Å²) in [6, 6.07) is 8.69. The number of aryl methyl sites for hydroxylation is 2. The number of benzene rings is 1. The van der Waals surface area contributed by atoms with Crippen LogP contribution in [-0.4, -0.2) is 12.5 Å². The van der Waals surface area contributed by atoms with Gasteiger partial charge in [-0.25, -0.2) is 0 Å². The lowest BCUT2D eigenvalue weighted by molar-refractivity contribution is -0.121. The predicted octanol–water partition coefficient (Wildman–Crippen LogP) is 3.62. The van der Waals surface area contributed by atoms with E-state index in [4.69, 9.17) is 0 Å². The number of hydrogen-bond donors (Lipinski definition) is 1. The Labute approximate surface area is 111 Å². The molecule has 0 aliphatic carbocycles. The first-order valence-electron chi connectivity index (χ1n) is 7.04. The van der Waals surface area contributed by atoms with Gasteiger partial charge < -0.3 is 5.32 Å². The van der Waals surface area contributed by atoms with Gasteiger partial charge >= 0.3 is 0 Å². The largest absolute Gasteiger partial charge is 0.356 e. The van der Waals surface area contributed by atoms with Crippen LogP contribution in [0.15, 0.2) is 24.3 Å². The van der Waals surface area contributed by atoms with Gasteiger partial charge in [0, 0.05) is 13.0 Å². The molecule has 18 heavy (non-hydrogen) atoms. The third-order valence-corrected chi connectivity index (χ3v) is 3.09. The van der Waals surface area contributed by atoms with Crippen molar-refractivity contribution < 1.29 is 4.79 Å². The summed E-state index contributed by atoms with van der Waals surface area (Å²) >= 11 is 0. The molecular weight excluding hydrogens is 222 g/mol. The number of carbonyl (C=O) groups is 1. The van der Waals surface area contributed by atoms with Gasteiger partial charge in [0.05, 0.1) is 0 Å². The van der Waals surface area contributed by atoms with Crippen LogP contribution in [0.5, 0.6) is 0 Å². The molecule has 0 atom stereocenters. The SMILES string of the molecule is CCCCC(=O)NCCCCc1ccc(C)cc1.